The number of unbranched alkanes of at least 4 members (excludes halogenated alkanes) is 13. The summed E-state index contributed by atoms with van der Waals surface area (Å²) in [6, 6.07) is 0. The fourth-order valence-electron chi connectivity index (χ4n) is 9.35. The summed E-state index contributed by atoms with van der Waals surface area (Å²) in [6.07, 6.45) is 91.7. The Bertz CT molecular complexity index is 2740. The zero-order chi connectivity index (χ0) is 76.0. The highest BCUT2D eigenvalue weighted by atomic mass is 31.2. The minimum atomic E-state index is -5.02. The van der Waals surface area contributed by atoms with E-state index >= 15 is 0 Å². The second-order valence-corrected chi connectivity index (χ2v) is 27.7. The molecular weight excluding hydrogens is 1350 g/mol. The van der Waals surface area contributed by atoms with Crippen LogP contribution in [0.2, 0.25) is 0 Å². The first-order valence-corrected chi connectivity index (χ1v) is 41.7. The molecule has 17 nitrogen and oxygen atoms in total. The number of hydrogen-bond donors (Lipinski definition) is 3. The second-order valence-electron chi connectivity index (χ2n) is 24.8. The Hall–Kier alpha value is -6.10. The lowest BCUT2D eigenvalue weighted by Crippen LogP contribution is -2.30. The van der Waals surface area contributed by atoms with Gasteiger partial charge < -0.3 is 33.8 Å². The molecule has 0 aromatic rings. The summed E-state index contributed by atoms with van der Waals surface area (Å²) in [5.41, 5.74) is 0. The van der Waals surface area contributed by atoms with Gasteiger partial charge in [-0.15, -0.1) is 0 Å². The van der Waals surface area contributed by atoms with Gasteiger partial charge >= 0.3 is 39.5 Å². The summed E-state index contributed by atoms with van der Waals surface area (Å²) >= 11 is 0. The quantitative estimate of drug-likeness (QED) is 0.0169. The van der Waals surface area contributed by atoms with Crippen molar-refractivity contribution in [2.24, 2.45) is 0 Å². The molecule has 19 heteroatoms. The van der Waals surface area contributed by atoms with E-state index in [9.17, 15) is 43.2 Å². The van der Waals surface area contributed by atoms with Crippen LogP contribution in [-0.4, -0.2) is 96.7 Å². The van der Waals surface area contributed by atoms with E-state index in [0.29, 0.717) is 32.1 Å². The molecule has 0 bridgehead atoms. The number of phosphoric ester groups is 2. The fraction of sp³-hybridized carbons (Fsp3) is 0.576. The number of allylic oxidation sites excluding steroid dienone is 31. The SMILES string of the molecule is CC/C=C\C/C=C\C/C=C\C/C=C\C/C=C\CC(=O)OC(COC(=O)CCCCCCCCC/C=C\C/C=C\C/C=C\CC)COP(=O)(O)OCC(O)COP(=O)(O)OCC(COC(=O)CCCCCC/C=C\C/C=C\C/C=C\C/C=C\CC)OC(=O)CCCC/C=C\C/C=C\C/C=C\C/C=C\CC. The zero-order valence-corrected chi connectivity index (χ0v) is 65.6. The lowest BCUT2D eigenvalue weighted by Gasteiger charge is -2.21. The summed E-state index contributed by atoms with van der Waals surface area (Å²) < 4.78 is 68.3. The van der Waals surface area contributed by atoms with Crippen molar-refractivity contribution in [2.45, 2.75) is 277 Å². The van der Waals surface area contributed by atoms with E-state index in [0.717, 1.165) is 173 Å². The Morgan fingerprint density at radius 1 is 0.279 bits per heavy atom. The molecule has 104 heavy (non-hydrogen) atoms. The highest BCUT2D eigenvalue weighted by Crippen LogP contribution is 2.45. The van der Waals surface area contributed by atoms with Crippen molar-refractivity contribution in [3.63, 3.8) is 0 Å². The van der Waals surface area contributed by atoms with Crippen LogP contribution in [0.4, 0.5) is 0 Å². The van der Waals surface area contributed by atoms with E-state index in [1.807, 2.05) is 12.2 Å². The van der Waals surface area contributed by atoms with Crippen molar-refractivity contribution in [1.82, 2.24) is 0 Å². The molecule has 0 fully saturated rings. The second kappa shape index (κ2) is 75.1. The van der Waals surface area contributed by atoms with Crippen molar-refractivity contribution in [3.8, 4) is 0 Å². The van der Waals surface area contributed by atoms with Crippen LogP contribution in [0.1, 0.15) is 259 Å². The molecule has 0 saturated heterocycles. The van der Waals surface area contributed by atoms with Crippen molar-refractivity contribution in [2.75, 3.05) is 39.6 Å². The van der Waals surface area contributed by atoms with Crippen LogP contribution in [0, 0.1) is 0 Å². The maximum Gasteiger partial charge on any atom is 0.472 e. The summed E-state index contributed by atoms with van der Waals surface area (Å²) in [7, 11) is -10.0. The third kappa shape index (κ3) is 74.2. The molecular formula is C85H134O17P2. The molecule has 0 rings (SSSR count). The number of ether oxygens (including phenoxy) is 4. The van der Waals surface area contributed by atoms with Gasteiger partial charge in [0, 0.05) is 19.3 Å². The first-order chi connectivity index (χ1) is 50.7. The number of carbonyl (C=O) groups is 4. The summed E-state index contributed by atoms with van der Waals surface area (Å²) in [4.78, 5) is 72.9. The molecule has 3 N–H and O–H groups in total. The monoisotopic (exact) mass is 1490 g/mol. The first kappa shape index (κ1) is 97.9. The minimum absolute atomic E-state index is 0.0264. The third-order valence-electron chi connectivity index (χ3n) is 15.1. The van der Waals surface area contributed by atoms with E-state index in [1.165, 1.54) is 0 Å². The van der Waals surface area contributed by atoms with Crippen molar-refractivity contribution >= 4 is 39.5 Å². The van der Waals surface area contributed by atoms with E-state index in [4.69, 9.17) is 37.0 Å². The summed E-state index contributed by atoms with van der Waals surface area (Å²) in [5.74, 6) is -2.43. The van der Waals surface area contributed by atoms with Gasteiger partial charge in [-0.2, -0.15) is 0 Å². The topological polar surface area (TPSA) is 237 Å². The van der Waals surface area contributed by atoms with Gasteiger partial charge in [-0.05, 0) is 161 Å². The Balaban J connectivity index is 5.51. The Morgan fingerprint density at radius 2 is 0.510 bits per heavy atom. The molecule has 0 aliphatic heterocycles. The predicted molar refractivity (Wildman–Crippen MR) is 426 cm³/mol. The summed E-state index contributed by atoms with van der Waals surface area (Å²) in [5, 5.41) is 10.6. The molecule has 0 radical (unpaired) electrons. The van der Waals surface area contributed by atoms with Gasteiger partial charge in [-0.3, -0.25) is 37.3 Å². The van der Waals surface area contributed by atoms with Crippen LogP contribution >= 0.6 is 15.6 Å². The van der Waals surface area contributed by atoms with Gasteiger partial charge in [0.25, 0.3) is 0 Å². The number of rotatable bonds is 70. The lowest BCUT2D eigenvalue weighted by atomic mass is 10.1. The van der Waals surface area contributed by atoms with E-state index < -0.39 is 97.5 Å². The van der Waals surface area contributed by atoms with E-state index in [-0.39, 0.29) is 25.7 Å². The predicted octanol–water partition coefficient (Wildman–Crippen LogP) is 22.5. The number of phosphoric acid groups is 2. The van der Waals surface area contributed by atoms with Crippen LogP contribution in [0.15, 0.2) is 194 Å². The van der Waals surface area contributed by atoms with Gasteiger partial charge in [0.05, 0.1) is 32.8 Å². The molecule has 0 aromatic heterocycles. The number of esters is 4. The average Bonchev–Trinajstić information content (AvgIpc) is 1.21. The molecule has 5 unspecified atom stereocenters. The molecule has 0 aromatic carbocycles. The first-order valence-electron chi connectivity index (χ1n) is 38.7. The van der Waals surface area contributed by atoms with E-state index in [1.54, 1.807) is 12.2 Å². The fourth-order valence-corrected chi connectivity index (χ4v) is 10.9. The van der Waals surface area contributed by atoms with Crippen LogP contribution in [-0.2, 0) is 65.4 Å². The summed E-state index contributed by atoms with van der Waals surface area (Å²) in [6.45, 7) is 4.18. The third-order valence-corrected chi connectivity index (χ3v) is 17.0. The van der Waals surface area contributed by atoms with Crippen molar-refractivity contribution in [1.29, 1.82) is 0 Å². The molecule has 0 amide bonds. The molecule has 0 heterocycles. The standard InChI is InChI=1S/C85H134O17P2/c1-5-9-13-17-21-25-29-33-37-39-43-45-49-53-57-61-65-69-82(87)95-75-80(101-84(89)71-67-63-59-55-51-47-41-35-31-27-23-19-15-11-7-3)77-99-103(91,92)97-73-79(86)74-98-104(93,94)100-78-81(102-85(90)72-68-64-60-56-52-48-42-36-32-28-24-20-16-12-8-4)76-96-83(88)70-66-62-58-54-50-46-44-40-38-34-30-26-22-18-14-10-6-2/h9-16,21-28,33-38,41-43,45,51-52,55-56,64,68,79-81,86H,5-8,17-20,29-32,39-40,44,46-50,53-54,57-63,65-67,69-78H2,1-4H3,(H,91,92)(H,93,94)/b13-9-,14-10-,15-11-,16-12-,25-21-,26-22-,27-23-,28-24-,37-33-,38-34-,41-35-,42-36-,45-43-,55-51-,56-52-,68-64-. The Morgan fingerprint density at radius 3 is 0.827 bits per heavy atom. The molecule has 0 aliphatic rings. The highest BCUT2D eigenvalue weighted by molar-refractivity contribution is 7.47. The maximum atomic E-state index is 13.1. The van der Waals surface area contributed by atoms with Crippen LogP contribution < -0.4 is 0 Å². The minimum Gasteiger partial charge on any atom is -0.462 e. The van der Waals surface area contributed by atoms with Gasteiger partial charge in [-0.1, -0.05) is 267 Å². The van der Waals surface area contributed by atoms with Gasteiger partial charge in [0.1, 0.15) is 19.3 Å². The molecule has 0 saturated carbocycles. The molecule has 586 valence electrons. The van der Waals surface area contributed by atoms with Gasteiger partial charge in [-0.25, -0.2) is 9.13 Å². The molecule has 0 aliphatic carbocycles. The normalized spacial score (nSPS) is 15.0. The van der Waals surface area contributed by atoms with Gasteiger partial charge in [0.15, 0.2) is 12.2 Å². The Labute approximate surface area is 627 Å². The van der Waals surface area contributed by atoms with Gasteiger partial charge in [0.2, 0.25) is 0 Å². The van der Waals surface area contributed by atoms with E-state index in [2.05, 4.69) is 198 Å². The molecule has 5 atom stereocenters. The lowest BCUT2D eigenvalue weighted by molar-refractivity contribution is -0.161. The average molecular weight is 1490 g/mol. The van der Waals surface area contributed by atoms with Crippen LogP contribution in [0.25, 0.3) is 0 Å². The maximum absolute atomic E-state index is 13.1. The number of aliphatic hydroxyl groups is 1. The van der Waals surface area contributed by atoms with Crippen LogP contribution in [0.3, 0.4) is 0 Å². The number of carbonyl (C=O) groups excluding carboxylic acids is 4. The van der Waals surface area contributed by atoms with Crippen molar-refractivity contribution in [3.05, 3.63) is 194 Å². The number of hydrogen-bond acceptors (Lipinski definition) is 15. The van der Waals surface area contributed by atoms with Crippen molar-refractivity contribution < 1.29 is 80.2 Å². The zero-order valence-electron chi connectivity index (χ0n) is 63.9. The number of aliphatic hydroxyl groups excluding tert-OH is 1. The molecule has 0 spiro atoms. The largest absolute Gasteiger partial charge is 0.472 e. The Kier molecular flexibility index (Phi) is 70.7. The van der Waals surface area contributed by atoms with Crippen LogP contribution in [0.5, 0.6) is 0 Å². The highest BCUT2D eigenvalue weighted by Gasteiger charge is 2.30. The smallest absolute Gasteiger partial charge is 0.462 e.